The number of carbonyl (C=O) groups is 1. The molecule has 7 nitrogen and oxygen atoms in total. The minimum Gasteiger partial charge on any atom is -0.339 e. The van der Waals surface area contributed by atoms with Gasteiger partial charge in [0, 0.05) is 32.4 Å². The van der Waals surface area contributed by atoms with Crippen molar-refractivity contribution in [2.45, 2.75) is 42.9 Å². The third-order valence-corrected chi connectivity index (χ3v) is 8.64. The van der Waals surface area contributed by atoms with Crippen LogP contribution >= 0.6 is 0 Å². The molecule has 32 heavy (non-hydrogen) atoms. The Morgan fingerprint density at radius 1 is 0.938 bits per heavy atom. The standard InChI is InChI=1S/C24H28N4O3S/c29-24(26-12-5-2-6-13-26)22-18-25-28-16-11-20(17-23(22)28)19-9-14-27(15-10-19)32(30,31)21-7-3-1-4-8-21/h1,3-4,7-8,11,16-19H,2,5-6,9-10,12-15H2. The molecule has 1 amide bonds. The molecule has 4 heterocycles. The number of sulfonamides is 1. The second kappa shape index (κ2) is 8.67. The highest BCUT2D eigenvalue weighted by molar-refractivity contribution is 7.89. The van der Waals surface area contributed by atoms with Gasteiger partial charge in [0.2, 0.25) is 10.0 Å². The summed E-state index contributed by atoms with van der Waals surface area (Å²) < 4.78 is 29.2. The smallest absolute Gasteiger partial charge is 0.257 e. The molecule has 2 saturated heterocycles. The summed E-state index contributed by atoms with van der Waals surface area (Å²) >= 11 is 0. The molecule has 3 aromatic rings. The van der Waals surface area contributed by atoms with Crippen molar-refractivity contribution in [2.75, 3.05) is 26.2 Å². The molecule has 5 rings (SSSR count). The van der Waals surface area contributed by atoms with E-state index in [0.717, 1.165) is 49.9 Å². The minimum absolute atomic E-state index is 0.0561. The molecule has 0 aliphatic carbocycles. The van der Waals surface area contributed by atoms with E-state index >= 15 is 0 Å². The van der Waals surface area contributed by atoms with Crippen molar-refractivity contribution in [3.63, 3.8) is 0 Å². The summed E-state index contributed by atoms with van der Waals surface area (Å²) in [5, 5.41) is 4.38. The van der Waals surface area contributed by atoms with E-state index in [1.807, 2.05) is 23.2 Å². The lowest BCUT2D eigenvalue weighted by molar-refractivity contribution is 0.0726. The van der Waals surface area contributed by atoms with Gasteiger partial charge in [-0.2, -0.15) is 9.40 Å². The molecule has 0 radical (unpaired) electrons. The SMILES string of the molecule is O=C(c1cnn2ccc(C3CCN(S(=O)(=O)c4ccccc4)CC3)cc12)N1CCCCC1. The number of likely N-dealkylation sites (tertiary alicyclic amines) is 1. The zero-order valence-electron chi connectivity index (χ0n) is 18.1. The minimum atomic E-state index is -3.45. The average molecular weight is 453 g/mol. The lowest BCUT2D eigenvalue weighted by atomic mass is 9.90. The number of rotatable bonds is 4. The third kappa shape index (κ3) is 3.93. The first-order valence-electron chi connectivity index (χ1n) is 11.4. The number of pyridine rings is 1. The van der Waals surface area contributed by atoms with Crippen LogP contribution in [-0.4, -0.2) is 59.3 Å². The summed E-state index contributed by atoms with van der Waals surface area (Å²) in [7, 11) is -3.45. The first-order valence-corrected chi connectivity index (χ1v) is 12.8. The molecule has 2 aliphatic rings. The summed E-state index contributed by atoms with van der Waals surface area (Å²) in [5.41, 5.74) is 2.62. The van der Waals surface area contributed by atoms with Crippen LogP contribution in [0.2, 0.25) is 0 Å². The van der Waals surface area contributed by atoms with Gasteiger partial charge in [-0.3, -0.25) is 4.79 Å². The van der Waals surface area contributed by atoms with Gasteiger partial charge in [0.15, 0.2) is 0 Å². The Bertz CT molecular complexity index is 1210. The van der Waals surface area contributed by atoms with Gasteiger partial charge < -0.3 is 4.90 Å². The number of hydrogen-bond acceptors (Lipinski definition) is 4. The predicted molar refractivity (Wildman–Crippen MR) is 122 cm³/mol. The van der Waals surface area contributed by atoms with E-state index in [4.69, 9.17) is 0 Å². The molecule has 1 aromatic carbocycles. The van der Waals surface area contributed by atoms with E-state index in [2.05, 4.69) is 11.2 Å². The molecule has 0 spiro atoms. The van der Waals surface area contributed by atoms with Gasteiger partial charge in [0.1, 0.15) is 0 Å². The Hall–Kier alpha value is -2.71. The van der Waals surface area contributed by atoms with Gasteiger partial charge in [-0.15, -0.1) is 0 Å². The van der Waals surface area contributed by atoms with E-state index in [1.54, 1.807) is 39.3 Å². The van der Waals surface area contributed by atoms with E-state index in [9.17, 15) is 13.2 Å². The molecule has 8 heteroatoms. The third-order valence-electron chi connectivity index (χ3n) is 6.73. The maximum absolute atomic E-state index is 13.0. The van der Waals surface area contributed by atoms with Gasteiger partial charge in [-0.05, 0) is 67.9 Å². The Kier molecular flexibility index (Phi) is 5.73. The molecule has 0 bridgehead atoms. The van der Waals surface area contributed by atoms with Gasteiger partial charge in [0.05, 0.1) is 22.2 Å². The fraction of sp³-hybridized carbons (Fsp3) is 0.417. The number of piperidine rings is 2. The number of benzene rings is 1. The molecular weight excluding hydrogens is 424 g/mol. The highest BCUT2D eigenvalue weighted by Crippen LogP contribution is 2.32. The maximum atomic E-state index is 13.0. The second-order valence-electron chi connectivity index (χ2n) is 8.69. The number of amides is 1. The van der Waals surface area contributed by atoms with Crippen LogP contribution in [0, 0.1) is 0 Å². The molecule has 2 fully saturated rings. The summed E-state index contributed by atoms with van der Waals surface area (Å²) in [5.74, 6) is 0.315. The zero-order chi connectivity index (χ0) is 22.1. The van der Waals surface area contributed by atoms with Crippen molar-refractivity contribution in [3.8, 4) is 0 Å². The number of carbonyl (C=O) groups excluding carboxylic acids is 1. The molecular formula is C24H28N4O3S. The maximum Gasteiger partial charge on any atom is 0.257 e. The van der Waals surface area contributed by atoms with Crippen LogP contribution in [-0.2, 0) is 10.0 Å². The lowest BCUT2D eigenvalue weighted by Crippen LogP contribution is -2.37. The van der Waals surface area contributed by atoms with Gasteiger partial charge in [-0.25, -0.2) is 12.9 Å². The number of aromatic nitrogens is 2. The first kappa shape index (κ1) is 21.2. The summed E-state index contributed by atoms with van der Waals surface area (Å²) in [6, 6.07) is 12.7. The number of nitrogens with zero attached hydrogens (tertiary/aromatic N) is 4. The summed E-state index contributed by atoms with van der Waals surface area (Å²) in [4.78, 5) is 15.3. The highest BCUT2D eigenvalue weighted by Gasteiger charge is 2.30. The van der Waals surface area contributed by atoms with Gasteiger partial charge in [-0.1, -0.05) is 18.2 Å². The van der Waals surface area contributed by atoms with Crippen LogP contribution in [0.3, 0.4) is 0 Å². The Labute approximate surface area is 188 Å². The second-order valence-corrected chi connectivity index (χ2v) is 10.6. The fourth-order valence-corrected chi connectivity index (χ4v) is 6.34. The topological polar surface area (TPSA) is 75.0 Å². The van der Waals surface area contributed by atoms with E-state index < -0.39 is 10.0 Å². The largest absolute Gasteiger partial charge is 0.339 e. The first-order chi connectivity index (χ1) is 15.5. The van der Waals surface area contributed by atoms with Crippen molar-refractivity contribution < 1.29 is 13.2 Å². The molecule has 2 aliphatic heterocycles. The summed E-state index contributed by atoms with van der Waals surface area (Å²) in [6.45, 7) is 2.60. The van der Waals surface area contributed by atoms with Crippen LogP contribution in [0.15, 0.2) is 59.8 Å². The van der Waals surface area contributed by atoms with Gasteiger partial charge in [0.25, 0.3) is 5.91 Å². The highest BCUT2D eigenvalue weighted by atomic mass is 32.2. The fourth-order valence-electron chi connectivity index (χ4n) is 4.85. The molecule has 0 saturated carbocycles. The van der Waals surface area contributed by atoms with Crippen LogP contribution in [0.1, 0.15) is 53.9 Å². The van der Waals surface area contributed by atoms with Crippen molar-refractivity contribution in [2.24, 2.45) is 0 Å². The lowest BCUT2D eigenvalue weighted by Gasteiger charge is -2.31. The number of hydrogen-bond donors (Lipinski definition) is 0. The van der Waals surface area contributed by atoms with Crippen LogP contribution in [0.5, 0.6) is 0 Å². The van der Waals surface area contributed by atoms with E-state index in [1.165, 1.54) is 6.42 Å². The normalized spacial score (nSPS) is 18.8. The van der Waals surface area contributed by atoms with Crippen molar-refractivity contribution in [1.82, 2.24) is 18.8 Å². The number of fused-ring (bicyclic) bond motifs is 1. The quantitative estimate of drug-likeness (QED) is 0.607. The molecule has 168 valence electrons. The zero-order valence-corrected chi connectivity index (χ0v) is 18.9. The average Bonchev–Trinajstić information content (AvgIpc) is 3.28. The van der Waals surface area contributed by atoms with Crippen LogP contribution < -0.4 is 0 Å². The molecule has 0 N–H and O–H groups in total. The van der Waals surface area contributed by atoms with Crippen LogP contribution in [0.25, 0.3) is 5.52 Å². The predicted octanol–water partition coefficient (Wildman–Crippen LogP) is 3.53. The Morgan fingerprint density at radius 2 is 1.66 bits per heavy atom. The Balaban J connectivity index is 1.33. The van der Waals surface area contributed by atoms with Crippen molar-refractivity contribution in [3.05, 3.63) is 66.0 Å². The molecule has 0 atom stereocenters. The van der Waals surface area contributed by atoms with Crippen molar-refractivity contribution >= 4 is 21.4 Å². The van der Waals surface area contributed by atoms with Gasteiger partial charge >= 0.3 is 0 Å². The van der Waals surface area contributed by atoms with E-state index in [0.29, 0.717) is 23.5 Å². The van der Waals surface area contributed by atoms with Crippen LogP contribution in [0.4, 0.5) is 0 Å². The molecule has 2 aromatic heterocycles. The Morgan fingerprint density at radius 3 is 2.38 bits per heavy atom. The summed E-state index contributed by atoms with van der Waals surface area (Å²) in [6.07, 6.45) is 8.39. The molecule has 0 unspecified atom stereocenters. The monoisotopic (exact) mass is 452 g/mol. The van der Waals surface area contributed by atoms with Crippen molar-refractivity contribution in [1.29, 1.82) is 0 Å². The van der Waals surface area contributed by atoms with E-state index in [-0.39, 0.29) is 11.8 Å².